The minimum absolute atomic E-state index is 0.0541. The van der Waals surface area contributed by atoms with Crippen LogP contribution >= 0.6 is 15.9 Å². The molecule has 0 saturated heterocycles. The summed E-state index contributed by atoms with van der Waals surface area (Å²) >= 11 is 3.46. The van der Waals surface area contributed by atoms with Crippen LogP contribution in [0, 0.1) is 6.92 Å². The maximum atomic E-state index is 12.0. The van der Waals surface area contributed by atoms with E-state index in [1.54, 1.807) is 12.1 Å². The number of rotatable bonds is 5. The lowest BCUT2D eigenvalue weighted by molar-refractivity contribution is -0.120. The molecule has 2 N–H and O–H groups in total. The normalized spacial score (nSPS) is 11.6. The molecule has 2 rings (SSSR count). The van der Waals surface area contributed by atoms with Crippen LogP contribution in [0.3, 0.4) is 0 Å². The topological polar surface area (TPSA) is 58.2 Å². The Hall–Kier alpha value is -2.14. The van der Waals surface area contributed by atoms with Gasteiger partial charge in [-0.25, -0.2) is 0 Å². The summed E-state index contributed by atoms with van der Waals surface area (Å²) in [5.74, 6) is -0.484. The molecule has 4 nitrogen and oxygen atoms in total. The fourth-order valence-corrected chi connectivity index (χ4v) is 2.79. The molecule has 0 heterocycles. The van der Waals surface area contributed by atoms with Gasteiger partial charge in [-0.2, -0.15) is 0 Å². The molecule has 0 aliphatic heterocycles. The van der Waals surface area contributed by atoms with Crippen molar-refractivity contribution in [2.45, 2.75) is 19.9 Å². The Balaban J connectivity index is 1.86. The number of amides is 2. The van der Waals surface area contributed by atoms with Crippen LogP contribution in [0.15, 0.2) is 53.0 Å². The van der Waals surface area contributed by atoms with Crippen molar-refractivity contribution < 1.29 is 9.59 Å². The van der Waals surface area contributed by atoms with E-state index in [4.69, 9.17) is 0 Å². The Morgan fingerprint density at radius 2 is 1.74 bits per heavy atom. The lowest BCUT2D eigenvalue weighted by atomic mass is 10.1. The van der Waals surface area contributed by atoms with Crippen molar-refractivity contribution in [3.63, 3.8) is 0 Å². The minimum atomic E-state index is -0.256. The van der Waals surface area contributed by atoms with Crippen LogP contribution < -0.4 is 10.6 Å². The Bertz CT molecular complexity index is 698. The molecule has 2 amide bonds. The number of halogens is 1. The van der Waals surface area contributed by atoms with Crippen LogP contribution in [0.25, 0.3) is 0 Å². The van der Waals surface area contributed by atoms with Crippen molar-refractivity contribution in [2.24, 2.45) is 0 Å². The third-order valence-corrected chi connectivity index (χ3v) is 4.19. The number of hydrogen-bond acceptors (Lipinski definition) is 2. The molecular weight excluding hydrogens is 356 g/mol. The average Bonchev–Trinajstić information content (AvgIpc) is 2.53. The molecular formula is C18H19BrN2O2. The smallest absolute Gasteiger partial charge is 0.251 e. The highest BCUT2D eigenvalue weighted by molar-refractivity contribution is 9.10. The molecule has 1 unspecified atom stereocenters. The van der Waals surface area contributed by atoms with Crippen molar-refractivity contribution in [1.82, 2.24) is 10.6 Å². The van der Waals surface area contributed by atoms with E-state index in [9.17, 15) is 9.59 Å². The zero-order chi connectivity index (χ0) is 16.8. The Labute approximate surface area is 144 Å². The number of carbonyl (C=O) groups excluding carboxylic acids is 2. The van der Waals surface area contributed by atoms with Crippen molar-refractivity contribution >= 4 is 27.7 Å². The van der Waals surface area contributed by atoms with E-state index in [1.807, 2.05) is 50.2 Å². The second kappa shape index (κ2) is 7.92. The fraction of sp³-hybridized carbons (Fsp3) is 0.222. The van der Waals surface area contributed by atoms with E-state index in [0.29, 0.717) is 5.56 Å². The van der Waals surface area contributed by atoms with Gasteiger partial charge in [0.15, 0.2) is 0 Å². The lowest BCUT2D eigenvalue weighted by Crippen LogP contribution is -2.38. The van der Waals surface area contributed by atoms with Crippen molar-refractivity contribution in [2.75, 3.05) is 6.54 Å². The number of hydrogen-bond donors (Lipinski definition) is 2. The van der Waals surface area contributed by atoms with Gasteiger partial charge < -0.3 is 10.6 Å². The first-order valence-electron chi connectivity index (χ1n) is 7.36. The van der Waals surface area contributed by atoms with Gasteiger partial charge in [0.25, 0.3) is 5.91 Å². The SMILES string of the molecule is Cc1ccc(C(=O)NCC(=O)NC(C)c2ccccc2Br)cc1. The standard InChI is InChI=1S/C18H19BrN2O2/c1-12-7-9-14(10-8-12)18(23)20-11-17(22)21-13(2)15-5-3-4-6-16(15)19/h3-10,13H,11H2,1-2H3,(H,20,23)(H,21,22). The molecule has 0 bridgehead atoms. The number of benzene rings is 2. The lowest BCUT2D eigenvalue weighted by Gasteiger charge is -2.16. The predicted molar refractivity (Wildman–Crippen MR) is 94.2 cm³/mol. The van der Waals surface area contributed by atoms with E-state index in [0.717, 1.165) is 15.6 Å². The van der Waals surface area contributed by atoms with Gasteiger partial charge in [0.2, 0.25) is 5.91 Å². The summed E-state index contributed by atoms with van der Waals surface area (Å²) < 4.78 is 0.941. The van der Waals surface area contributed by atoms with Crippen molar-refractivity contribution in [3.05, 3.63) is 69.7 Å². The van der Waals surface area contributed by atoms with Gasteiger partial charge in [-0.15, -0.1) is 0 Å². The van der Waals surface area contributed by atoms with Crippen LogP contribution in [0.2, 0.25) is 0 Å². The Morgan fingerprint density at radius 1 is 1.09 bits per heavy atom. The third kappa shape index (κ3) is 4.93. The monoisotopic (exact) mass is 374 g/mol. The summed E-state index contributed by atoms with van der Waals surface area (Å²) in [5.41, 5.74) is 2.62. The van der Waals surface area contributed by atoms with Gasteiger partial charge in [0.05, 0.1) is 12.6 Å². The third-order valence-electron chi connectivity index (χ3n) is 3.47. The van der Waals surface area contributed by atoms with E-state index in [2.05, 4.69) is 26.6 Å². The Kier molecular flexibility index (Phi) is 5.93. The molecule has 0 aliphatic rings. The van der Waals surface area contributed by atoms with Gasteiger partial charge >= 0.3 is 0 Å². The highest BCUT2D eigenvalue weighted by Crippen LogP contribution is 2.22. The first-order valence-corrected chi connectivity index (χ1v) is 8.15. The quantitative estimate of drug-likeness (QED) is 0.842. The van der Waals surface area contributed by atoms with Crippen molar-refractivity contribution in [1.29, 1.82) is 0 Å². The first-order chi connectivity index (χ1) is 11.0. The summed E-state index contributed by atoms with van der Waals surface area (Å²) in [5, 5.41) is 5.50. The molecule has 0 radical (unpaired) electrons. The molecule has 0 aliphatic carbocycles. The van der Waals surface area contributed by atoms with E-state index >= 15 is 0 Å². The fourth-order valence-electron chi connectivity index (χ4n) is 2.16. The molecule has 23 heavy (non-hydrogen) atoms. The molecule has 0 saturated carbocycles. The molecule has 1 atom stereocenters. The Morgan fingerprint density at radius 3 is 2.39 bits per heavy atom. The molecule has 120 valence electrons. The summed E-state index contributed by atoms with van der Waals surface area (Å²) in [4.78, 5) is 24.0. The number of aryl methyl sites for hydroxylation is 1. The van der Waals surface area contributed by atoms with Crippen LogP contribution in [-0.2, 0) is 4.79 Å². The first kappa shape index (κ1) is 17.2. The molecule has 5 heteroatoms. The van der Waals surface area contributed by atoms with Gasteiger partial charge in [-0.1, -0.05) is 51.8 Å². The van der Waals surface area contributed by atoms with Crippen LogP contribution in [0.1, 0.15) is 34.5 Å². The summed E-state index contributed by atoms with van der Waals surface area (Å²) in [6.07, 6.45) is 0. The van der Waals surface area contributed by atoms with Gasteiger partial charge in [-0.3, -0.25) is 9.59 Å². The van der Waals surface area contributed by atoms with E-state index < -0.39 is 0 Å². The maximum absolute atomic E-state index is 12.0. The minimum Gasteiger partial charge on any atom is -0.348 e. The summed E-state index contributed by atoms with van der Waals surface area (Å²) in [7, 11) is 0. The zero-order valence-corrected chi connectivity index (χ0v) is 14.7. The number of carbonyl (C=O) groups is 2. The van der Waals surface area contributed by atoms with Crippen LogP contribution in [0.4, 0.5) is 0 Å². The molecule has 2 aromatic carbocycles. The van der Waals surface area contributed by atoms with Crippen LogP contribution in [-0.4, -0.2) is 18.4 Å². The predicted octanol–water partition coefficient (Wildman–Crippen LogP) is 3.36. The largest absolute Gasteiger partial charge is 0.348 e. The second-order valence-electron chi connectivity index (χ2n) is 5.36. The molecule has 0 aromatic heterocycles. The summed E-state index contributed by atoms with van der Waals surface area (Å²) in [6.45, 7) is 3.81. The van der Waals surface area contributed by atoms with Gasteiger partial charge in [-0.05, 0) is 37.6 Å². The molecule has 0 fully saturated rings. The highest BCUT2D eigenvalue weighted by atomic mass is 79.9. The second-order valence-corrected chi connectivity index (χ2v) is 6.21. The highest BCUT2D eigenvalue weighted by Gasteiger charge is 2.13. The maximum Gasteiger partial charge on any atom is 0.251 e. The van der Waals surface area contributed by atoms with E-state index in [1.165, 1.54) is 0 Å². The molecule has 0 spiro atoms. The summed E-state index contributed by atoms with van der Waals surface area (Å²) in [6, 6.07) is 14.8. The van der Waals surface area contributed by atoms with E-state index in [-0.39, 0.29) is 24.4 Å². The van der Waals surface area contributed by atoms with Gasteiger partial charge in [0.1, 0.15) is 0 Å². The number of nitrogens with one attached hydrogen (secondary N) is 2. The molecule has 2 aromatic rings. The van der Waals surface area contributed by atoms with Gasteiger partial charge in [0, 0.05) is 10.0 Å². The van der Waals surface area contributed by atoms with Crippen LogP contribution in [0.5, 0.6) is 0 Å². The average molecular weight is 375 g/mol. The zero-order valence-electron chi connectivity index (χ0n) is 13.1. The van der Waals surface area contributed by atoms with Crippen molar-refractivity contribution in [3.8, 4) is 0 Å².